The Kier molecular flexibility index (Phi) is 4.28. The van der Waals surface area contributed by atoms with Crippen molar-refractivity contribution in [1.82, 2.24) is 14.9 Å². The quantitative estimate of drug-likeness (QED) is 0.624. The Bertz CT molecular complexity index is 468. The average Bonchev–Trinajstić information content (AvgIpc) is 2.36. The summed E-state index contributed by atoms with van der Waals surface area (Å²) in [5, 5.41) is 18.6. The molecule has 0 bridgehead atoms. The van der Waals surface area contributed by atoms with Crippen LogP contribution in [0.3, 0.4) is 0 Å². The summed E-state index contributed by atoms with van der Waals surface area (Å²) in [6.07, 6.45) is -1.00. The van der Waals surface area contributed by atoms with E-state index in [1.54, 1.807) is 4.90 Å². The standard InChI is InChI=1S/C10H12Cl2N4O3/c11-7-3-8(14-9(12)13-7)16-2-1-15(10(18)19)4-6(16)5-17/h3,6,17H,1-2,4-5H2,(H,18,19). The van der Waals surface area contributed by atoms with Gasteiger partial charge in [0.15, 0.2) is 0 Å². The average molecular weight is 307 g/mol. The van der Waals surface area contributed by atoms with Gasteiger partial charge < -0.3 is 20.0 Å². The highest BCUT2D eigenvalue weighted by atomic mass is 35.5. The van der Waals surface area contributed by atoms with Crippen molar-refractivity contribution in [2.24, 2.45) is 0 Å². The van der Waals surface area contributed by atoms with E-state index in [9.17, 15) is 9.90 Å². The number of aliphatic hydroxyl groups excluding tert-OH is 1. The van der Waals surface area contributed by atoms with Crippen LogP contribution in [0, 0.1) is 0 Å². The predicted molar refractivity (Wildman–Crippen MR) is 69.9 cm³/mol. The van der Waals surface area contributed by atoms with Crippen LogP contribution in [0.1, 0.15) is 0 Å². The minimum absolute atomic E-state index is 0.0138. The number of anilines is 1. The second kappa shape index (κ2) is 5.77. The van der Waals surface area contributed by atoms with Gasteiger partial charge in [-0.3, -0.25) is 0 Å². The summed E-state index contributed by atoms with van der Waals surface area (Å²) in [6, 6.07) is 1.15. The van der Waals surface area contributed by atoms with Gasteiger partial charge in [0.05, 0.1) is 12.6 Å². The van der Waals surface area contributed by atoms with E-state index in [0.29, 0.717) is 18.9 Å². The molecule has 1 atom stereocenters. The van der Waals surface area contributed by atoms with Crippen LogP contribution in [0.15, 0.2) is 6.07 Å². The van der Waals surface area contributed by atoms with Crippen LogP contribution in [0.4, 0.5) is 10.6 Å². The first-order valence-electron chi connectivity index (χ1n) is 5.56. The van der Waals surface area contributed by atoms with Gasteiger partial charge in [0.25, 0.3) is 0 Å². The van der Waals surface area contributed by atoms with Crippen molar-refractivity contribution in [2.45, 2.75) is 6.04 Å². The Morgan fingerprint density at radius 3 is 2.74 bits per heavy atom. The largest absolute Gasteiger partial charge is 0.465 e. The van der Waals surface area contributed by atoms with Crippen LogP contribution in [-0.4, -0.2) is 63.5 Å². The lowest BCUT2D eigenvalue weighted by molar-refractivity contribution is 0.124. The summed E-state index contributed by atoms with van der Waals surface area (Å²) in [7, 11) is 0. The molecule has 9 heteroatoms. The molecule has 1 amide bonds. The molecule has 1 unspecified atom stereocenters. The van der Waals surface area contributed by atoms with Crippen LogP contribution in [-0.2, 0) is 0 Å². The summed E-state index contributed by atoms with van der Waals surface area (Å²) in [6.45, 7) is 0.736. The SMILES string of the molecule is O=C(O)N1CCN(c2cc(Cl)nc(Cl)n2)C(CO)C1. The summed E-state index contributed by atoms with van der Waals surface area (Å²) < 4.78 is 0. The fraction of sp³-hybridized carbons (Fsp3) is 0.500. The van der Waals surface area contributed by atoms with Crippen molar-refractivity contribution in [1.29, 1.82) is 0 Å². The maximum Gasteiger partial charge on any atom is 0.407 e. The van der Waals surface area contributed by atoms with Gasteiger partial charge in [0, 0.05) is 25.7 Å². The van der Waals surface area contributed by atoms with Crippen molar-refractivity contribution in [2.75, 3.05) is 31.1 Å². The third-order valence-corrected chi connectivity index (χ3v) is 3.27. The van der Waals surface area contributed by atoms with E-state index in [2.05, 4.69) is 9.97 Å². The van der Waals surface area contributed by atoms with Crippen molar-refractivity contribution in [3.63, 3.8) is 0 Å². The lowest BCUT2D eigenvalue weighted by atomic mass is 10.2. The van der Waals surface area contributed by atoms with Crippen molar-refractivity contribution >= 4 is 35.1 Å². The van der Waals surface area contributed by atoms with E-state index in [-0.39, 0.29) is 29.6 Å². The summed E-state index contributed by atoms with van der Waals surface area (Å²) in [5.74, 6) is 0.481. The van der Waals surface area contributed by atoms with Gasteiger partial charge in [-0.05, 0) is 11.6 Å². The summed E-state index contributed by atoms with van der Waals surface area (Å²) in [4.78, 5) is 21.7. The fourth-order valence-electron chi connectivity index (χ4n) is 2.01. The van der Waals surface area contributed by atoms with Gasteiger partial charge in [-0.15, -0.1) is 0 Å². The molecule has 19 heavy (non-hydrogen) atoms. The van der Waals surface area contributed by atoms with Gasteiger partial charge >= 0.3 is 6.09 Å². The number of hydrogen-bond donors (Lipinski definition) is 2. The number of aromatic nitrogens is 2. The van der Waals surface area contributed by atoms with Crippen molar-refractivity contribution < 1.29 is 15.0 Å². The van der Waals surface area contributed by atoms with Crippen molar-refractivity contribution in [3.05, 3.63) is 16.5 Å². The molecular formula is C10H12Cl2N4O3. The topological polar surface area (TPSA) is 89.8 Å². The minimum atomic E-state index is -1.00. The molecule has 1 saturated heterocycles. The third kappa shape index (κ3) is 3.17. The van der Waals surface area contributed by atoms with Crippen LogP contribution in [0.2, 0.25) is 10.4 Å². The molecule has 1 fully saturated rings. The highest BCUT2D eigenvalue weighted by Crippen LogP contribution is 2.22. The summed E-state index contributed by atoms with van der Waals surface area (Å²) >= 11 is 11.5. The van der Waals surface area contributed by atoms with E-state index < -0.39 is 6.09 Å². The van der Waals surface area contributed by atoms with Gasteiger partial charge in [-0.2, -0.15) is 0 Å². The van der Waals surface area contributed by atoms with Crippen LogP contribution >= 0.6 is 23.2 Å². The van der Waals surface area contributed by atoms with E-state index in [0.717, 1.165) is 0 Å². The molecule has 1 aromatic rings. The highest BCUT2D eigenvalue weighted by molar-refractivity contribution is 6.32. The maximum absolute atomic E-state index is 10.9. The zero-order valence-electron chi connectivity index (χ0n) is 9.83. The number of piperazine rings is 1. The molecule has 1 aliphatic rings. The molecule has 0 radical (unpaired) electrons. The number of aliphatic hydroxyl groups is 1. The Labute approximate surface area is 119 Å². The first kappa shape index (κ1) is 14.1. The van der Waals surface area contributed by atoms with Gasteiger partial charge in [-0.25, -0.2) is 14.8 Å². The number of carbonyl (C=O) groups is 1. The predicted octanol–water partition coefficient (Wildman–Crippen LogP) is 0.944. The van der Waals surface area contributed by atoms with E-state index in [4.69, 9.17) is 28.3 Å². The number of carboxylic acid groups (broad SMARTS) is 1. The molecule has 0 aromatic carbocycles. The molecule has 0 spiro atoms. The molecule has 2 N–H and O–H groups in total. The molecule has 1 aliphatic heterocycles. The monoisotopic (exact) mass is 306 g/mol. The second-order valence-corrected chi connectivity index (χ2v) is 4.80. The number of nitrogens with zero attached hydrogens (tertiary/aromatic N) is 4. The lowest BCUT2D eigenvalue weighted by Gasteiger charge is -2.40. The first-order chi connectivity index (χ1) is 9.01. The summed E-state index contributed by atoms with van der Waals surface area (Å²) in [5.41, 5.74) is 0. The Hall–Kier alpha value is -1.31. The zero-order valence-corrected chi connectivity index (χ0v) is 11.3. The van der Waals surface area contributed by atoms with Gasteiger partial charge in [0.1, 0.15) is 11.0 Å². The number of hydrogen-bond acceptors (Lipinski definition) is 5. The number of rotatable bonds is 2. The number of halogens is 2. The normalized spacial score (nSPS) is 19.6. The molecular weight excluding hydrogens is 295 g/mol. The number of amides is 1. The van der Waals surface area contributed by atoms with Crippen LogP contribution < -0.4 is 4.90 Å². The van der Waals surface area contributed by atoms with E-state index in [1.807, 2.05) is 0 Å². The molecule has 2 rings (SSSR count). The maximum atomic E-state index is 10.9. The Morgan fingerprint density at radius 2 is 2.16 bits per heavy atom. The minimum Gasteiger partial charge on any atom is -0.465 e. The first-order valence-corrected chi connectivity index (χ1v) is 6.32. The van der Waals surface area contributed by atoms with Crippen LogP contribution in [0.5, 0.6) is 0 Å². The van der Waals surface area contributed by atoms with Gasteiger partial charge in [-0.1, -0.05) is 11.6 Å². The molecule has 1 aromatic heterocycles. The highest BCUT2D eigenvalue weighted by Gasteiger charge is 2.30. The molecule has 7 nitrogen and oxygen atoms in total. The molecule has 0 saturated carbocycles. The third-order valence-electron chi connectivity index (χ3n) is 2.91. The lowest BCUT2D eigenvalue weighted by Crippen LogP contribution is -2.56. The zero-order chi connectivity index (χ0) is 14.0. The Morgan fingerprint density at radius 1 is 1.42 bits per heavy atom. The smallest absolute Gasteiger partial charge is 0.407 e. The van der Waals surface area contributed by atoms with E-state index in [1.165, 1.54) is 11.0 Å². The molecule has 2 heterocycles. The molecule has 0 aliphatic carbocycles. The van der Waals surface area contributed by atoms with Crippen LogP contribution in [0.25, 0.3) is 0 Å². The molecule has 104 valence electrons. The fourth-order valence-corrected chi connectivity index (χ4v) is 2.41. The van der Waals surface area contributed by atoms with E-state index >= 15 is 0 Å². The van der Waals surface area contributed by atoms with Crippen molar-refractivity contribution in [3.8, 4) is 0 Å². The Balaban J connectivity index is 2.22. The van der Waals surface area contributed by atoms with Gasteiger partial charge in [0.2, 0.25) is 5.28 Å². The second-order valence-electron chi connectivity index (χ2n) is 4.08.